The summed E-state index contributed by atoms with van der Waals surface area (Å²) in [4.78, 5) is 22.8. The molecule has 1 atom stereocenters. The van der Waals surface area contributed by atoms with Gasteiger partial charge in [0, 0.05) is 17.2 Å². The van der Waals surface area contributed by atoms with E-state index in [1.165, 1.54) is 18.2 Å². The fourth-order valence-corrected chi connectivity index (χ4v) is 2.86. The Hall–Kier alpha value is -2.66. The lowest BCUT2D eigenvalue weighted by Gasteiger charge is -2.18. The summed E-state index contributed by atoms with van der Waals surface area (Å²) in [6, 6.07) is 13.7. The lowest BCUT2D eigenvalue weighted by molar-refractivity contribution is -0.385. The third-order valence-corrected chi connectivity index (χ3v) is 4.42. The molecule has 6 heteroatoms. The molecule has 5 nitrogen and oxygen atoms in total. The number of nitrogens with zero attached hydrogens (tertiary/aromatic N) is 1. The number of halogens is 1. The molecule has 2 aromatic rings. The monoisotopic (exact) mass is 356 g/mol. The molecule has 2 aromatic carbocycles. The van der Waals surface area contributed by atoms with E-state index in [2.05, 4.69) is 5.32 Å². The first-order valence-corrected chi connectivity index (χ1v) is 8.40. The van der Waals surface area contributed by atoms with Gasteiger partial charge in [-0.3, -0.25) is 14.9 Å². The molecule has 1 aliphatic rings. The number of nitro groups is 1. The van der Waals surface area contributed by atoms with E-state index in [1.54, 1.807) is 18.2 Å². The first-order valence-electron chi connectivity index (χ1n) is 8.02. The van der Waals surface area contributed by atoms with Crippen molar-refractivity contribution in [3.05, 3.63) is 80.9 Å². The highest BCUT2D eigenvalue weighted by Gasteiger charge is 2.33. The standard InChI is InChI=1S/C19H17ClN2O3/c20-16-10-7-15(8-11-16)19(14-5-6-14)21-18(23)12-9-13-3-1-2-4-17(13)22(24)25/h1-4,7-12,14,19H,5-6H2,(H,21,23)/b12-9+. The molecule has 3 rings (SSSR count). The van der Waals surface area contributed by atoms with Gasteiger partial charge in [-0.15, -0.1) is 0 Å². The van der Waals surface area contributed by atoms with Crippen molar-refractivity contribution in [2.24, 2.45) is 5.92 Å². The Morgan fingerprint density at radius 2 is 1.88 bits per heavy atom. The van der Waals surface area contributed by atoms with Crippen LogP contribution in [0, 0.1) is 16.0 Å². The van der Waals surface area contributed by atoms with Crippen molar-refractivity contribution < 1.29 is 9.72 Å². The first kappa shape index (κ1) is 17.2. The SMILES string of the molecule is O=C(/C=C/c1ccccc1[N+](=O)[O-])NC(c1ccc(Cl)cc1)C1CC1. The number of carbonyl (C=O) groups is 1. The molecular weight excluding hydrogens is 340 g/mol. The minimum atomic E-state index is -0.460. The number of amides is 1. The number of para-hydroxylation sites is 1. The van der Waals surface area contributed by atoms with Crippen molar-refractivity contribution in [2.45, 2.75) is 18.9 Å². The lowest BCUT2D eigenvalue weighted by atomic mass is 10.0. The number of hydrogen-bond donors (Lipinski definition) is 1. The molecule has 1 N–H and O–H groups in total. The van der Waals surface area contributed by atoms with E-state index in [1.807, 2.05) is 24.3 Å². The summed E-state index contributed by atoms with van der Waals surface area (Å²) in [6.07, 6.45) is 4.95. The number of carbonyl (C=O) groups excluding carboxylic acids is 1. The van der Waals surface area contributed by atoms with Crippen LogP contribution in [0.25, 0.3) is 6.08 Å². The predicted molar refractivity (Wildman–Crippen MR) is 97.2 cm³/mol. The molecule has 1 fully saturated rings. The number of nitrogens with one attached hydrogen (secondary N) is 1. The number of benzene rings is 2. The largest absolute Gasteiger partial charge is 0.345 e. The molecule has 0 spiro atoms. The van der Waals surface area contributed by atoms with Crippen LogP contribution in [0.15, 0.2) is 54.6 Å². The van der Waals surface area contributed by atoms with Crippen LogP contribution in [0.2, 0.25) is 5.02 Å². The maximum Gasteiger partial charge on any atom is 0.276 e. The second-order valence-corrected chi connectivity index (χ2v) is 6.46. The highest BCUT2D eigenvalue weighted by atomic mass is 35.5. The van der Waals surface area contributed by atoms with Gasteiger partial charge in [0.1, 0.15) is 0 Å². The Labute approximate surface area is 150 Å². The minimum absolute atomic E-state index is 0.0250. The topological polar surface area (TPSA) is 72.2 Å². The maximum absolute atomic E-state index is 12.3. The minimum Gasteiger partial charge on any atom is -0.345 e. The zero-order chi connectivity index (χ0) is 17.8. The van der Waals surface area contributed by atoms with Crippen LogP contribution in [-0.2, 0) is 4.79 Å². The van der Waals surface area contributed by atoms with Gasteiger partial charge in [0.15, 0.2) is 0 Å². The molecule has 1 saturated carbocycles. The second kappa shape index (κ2) is 7.49. The van der Waals surface area contributed by atoms with Crippen LogP contribution in [-0.4, -0.2) is 10.8 Å². The quantitative estimate of drug-likeness (QED) is 0.469. The van der Waals surface area contributed by atoms with Crippen LogP contribution < -0.4 is 5.32 Å². The Bertz CT molecular complexity index is 814. The van der Waals surface area contributed by atoms with Gasteiger partial charge in [0.05, 0.1) is 16.5 Å². The summed E-state index contributed by atoms with van der Waals surface area (Å²) in [6.45, 7) is 0. The molecule has 0 heterocycles. The molecule has 1 aliphatic carbocycles. The fraction of sp³-hybridized carbons (Fsp3) is 0.211. The molecule has 1 unspecified atom stereocenters. The Balaban J connectivity index is 1.72. The van der Waals surface area contributed by atoms with Gasteiger partial charge in [0.25, 0.3) is 5.69 Å². The van der Waals surface area contributed by atoms with E-state index in [-0.39, 0.29) is 17.6 Å². The fourth-order valence-electron chi connectivity index (χ4n) is 2.73. The number of rotatable bonds is 6. The van der Waals surface area contributed by atoms with Gasteiger partial charge in [0.2, 0.25) is 5.91 Å². The highest BCUT2D eigenvalue weighted by molar-refractivity contribution is 6.30. The van der Waals surface area contributed by atoms with E-state index in [4.69, 9.17) is 11.6 Å². The normalized spacial score (nSPS) is 15.1. The molecule has 25 heavy (non-hydrogen) atoms. The smallest absolute Gasteiger partial charge is 0.276 e. The summed E-state index contributed by atoms with van der Waals surface area (Å²) in [5.41, 5.74) is 1.39. The van der Waals surface area contributed by atoms with Gasteiger partial charge in [-0.1, -0.05) is 35.9 Å². The van der Waals surface area contributed by atoms with Crippen LogP contribution in [0.1, 0.15) is 30.0 Å². The zero-order valence-electron chi connectivity index (χ0n) is 13.4. The highest BCUT2D eigenvalue weighted by Crippen LogP contribution is 2.41. The van der Waals surface area contributed by atoms with Crippen LogP contribution in [0.5, 0.6) is 0 Å². The van der Waals surface area contributed by atoms with E-state index >= 15 is 0 Å². The number of hydrogen-bond acceptors (Lipinski definition) is 3. The van der Waals surface area contributed by atoms with Gasteiger partial charge in [-0.05, 0) is 48.6 Å². The average Bonchev–Trinajstić information content (AvgIpc) is 3.44. The van der Waals surface area contributed by atoms with Crippen molar-refractivity contribution in [2.75, 3.05) is 0 Å². The molecular formula is C19H17ClN2O3. The van der Waals surface area contributed by atoms with Crippen LogP contribution in [0.4, 0.5) is 5.69 Å². The van der Waals surface area contributed by atoms with Gasteiger partial charge >= 0.3 is 0 Å². The van der Waals surface area contributed by atoms with E-state index < -0.39 is 4.92 Å². The van der Waals surface area contributed by atoms with Crippen LogP contribution >= 0.6 is 11.6 Å². The molecule has 0 bridgehead atoms. The van der Waals surface area contributed by atoms with Crippen molar-refractivity contribution >= 4 is 29.3 Å². The molecule has 0 radical (unpaired) electrons. The molecule has 1 amide bonds. The summed E-state index contributed by atoms with van der Waals surface area (Å²) in [7, 11) is 0. The summed E-state index contributed by atoms with van der Waals surface area (Å²) in [5, 5.41) is 14.7. The van der Waals surface area contributed by atoms with E-state index in [0.29, 0.717) is 16.5 Å². The van der Waals surface area contributed by atoms with Gasteiger partial charge in [-0.2, -0.15) is 0 Å². The van der Waals surface area contributed by atoms with E-state index in [0.717, 1.165) is 18.4 Å². The van der Waals surface area contributed by atoms with Gasteiger partial charge in [-0.25, -0.2) is 0 Å². The molecule has 0 aromatic heterocycles. The first-order chi connectivity index (χ1) is 12.0. The molecule has 0 aliphatic heterocycles. The zero-order valence-corrected chi connectivity index (χ0v) is 14.1. The average molecular weight is 357 g/mol. The molecule has 0 saturated heterocycles. The summed E-state index contributed by atoms with van der Waals surface area (Å²) >= 11 is 5.92. The van der Waals surface area contributed by atoms with Crippen molar-refractivity contribution in [1.82, 2.24) is 5.32 Å². The van der Waals surface area contributed by atoms with Gasteiger partial charge < -0.3 is 5.32 Å². The Morgan fingerprint density at radius 1 is 1.20 bits per heavy atom. The Kier molecular flexibility index (Phi) is 5.14. The van der Waals surface area contributed by atoms with Crippen LogP contribution in [0.3, 0.4) is 0 Å². The van der Waals surface area contributed by atoms with Crippen molar-refractivity contribution in [1.29, 1.82) is 0 Å². The molecule has 128 valence electrons. The third kappa shape index (κ3) is 4.45. The van der Waals surface area contributed by atoms with E-state index in [9.17, 15) is 14.9 Å². The lowest BCUT2D eigenvalue weighted by Crippen LogP contribution is -2.28. The maximum atomic E-state index is 12.3. The van der Waals surface area contributed by atoms with Crippen molar-refractivity contribution in [3.63, 3.8) is 0 Å². The summed E-state index contributed by atoms with van der Waals surface area (Å²) < 4.78 is 0. The summed E-state index contributed by atoms with van der Waals surface area (Å²) in [5.74, 6) is 0.148. The van der Waals surface area contributed by atoms with Crippen molar-refractivity contribution in [3.8, 4) is 0 Å². The predicted octanol–water partition coefficient (Wildman–Crippen LogP) is 4.53. The number of nitro benzene ring substituents is 1. The second-order valence-electron chi connectivity index (χ2n) is 6.02. The third-order valence-electron chi connectivity index (χ3n) is 4.17. The Morgan fingerprint density at radius 3 is 2.52 bits per heavy atom.